The Balaban J connectivity index is 2.09. The summed E-state index contributed by atoms with van der Waals surface area (Å²) in [6.07, 6.45) is 0. The average Bonchev–Trinajstić information content (AvgIpc) is 2.56. The smallest absolute Gasteiger partial charge is 0.254 e. The van der Waals surface area contributed by atoms with Crippen LogP contribution in [0.25, 0.3) is 0 Å². The van der Waals surface area contributed by atoms with Crippen LogP contribution in [-0.2, 0) is 0 Å². The van der Waals surface area contributed by atoms with Crippen molar-refractivity contribution >= 4 is 17.5 Å². The molecule has 1 aliphatic heterocycles. The molecular weight excluding hydrogens is 328 g/mol. The molecule has 0 aliphatic carbocycles. The normalized spacial score (nSPS) is 15.7. The molecule has 0 atom stereocenters. The van der Waals surface area contributed by atoms with Gasteiger partial charge in [0.1, 0.15) is 0 Å². The predicted molar refractivity (Wildman–Crippen MR) is 96.4 cm³/mol. The Labute approximate surface area is 149 Å². The van der Waals surface area contributed by atoms with Gasteiger partial charge in [-0.15, -0.1) is 0 Å². The molecule has 6 heteroatoms. The van der Waals surface area contributed by atoms with Crippen LogP contribution >= 0.6 is 11.6 Å². The van der Waals surface area contributed by atoms with Crippen LogP contribution in [0.2, 0.25) is 5.02 Å². The molecule has 0 saturated carbocycles. The van der Waals surface area contributed by atoms with Crippen molar-refractivity contribution in [2.24, 2.45) is 5.92 Å². The Morgan fingerprint density at radius 2 is 1.92 bits per heavy atom. The lowest BCUT2D eigenvalue weighted by Gasteiger charge is -2.35. The lowest BCUT2D eigenvalue weighted by molar-refractivity contribution is 0.0623. The third-order valence-electron chi connectivity index (χ3n) is 4.05. The maximum Gasteiger partial charge on any atom is 0.254 e. The number of amides is 1. The second-order valence-corrected chi connectivity index (χ2v) is 6.82. The summed E-state index contributed by atoms with van der Waals surface area (Å²) in [7, 11) is 1.55. The van der Waals surface area contributed by atoms with Crippen LogP contribution in [0.1, 0.15) is 31.1 Å². The lowest BCUT2D eigenvalue weighted by atomic mass is 10.1. The van der Waals surface area contributed by atoms with E-state index >= 15 is 0 Å². The van der Waals surface area contributed by atoms with Crippen LogP contribution in [-0.4, -0.2) is 62.1 Å². The summed E-state index contributed by atoms with van der Waals surface area (Å²) >= 11 is 6.27. The van der Waals surface area contributed by atoms with Crippen LogP contribution in [0, 0.1) is 5.92 Å². The fourth-order valence-electron chi connectivity index (χ4n) is 2.96. The van der Waals surface area contributed by atoms with E-state index in [4.69, 9.17) is 21.1 Å². The minimum atomic E-state index is -0.0116. The largest absolute Gasteiger partial charge is 0.493 e. The van der Waals surface area contributed by atoms with Crippen LogP contribution in [0.4, 0.5) is 0 Å². The summed E-state index contributed by atoms with van der Waals surface area (Å²) in [5.74, 6) is 1.61. The Hall–Kier alpha value is -1.46. The summed E-state index contributed by atoms with van der Waals surface area (Å²) in [5.41, 5.74) is 0.539. The van der Waals surface area contributed by atoms with Crippen molar-refractivity contribution < 1.29 is 14.3 Å². The van der Waals surface area contributed by atoms with E-state index in [9.17, 15) is 4.79 Å². The van der Waals surface area contributed by atoms with E-state index in [0.717, 1.165) is 32.7 Å². The van der Waals surface area contributed by atoms with Gasteiger partial charge in [0.25, 0.3) is 5.91 Å². The Morgan fingerprint density at radius 3 is 2.46 bits per heavy atom. The quantitative estimate of drug-likeness (QED) is 0.787. The highest BCUT2D eigenvalue weighted by atomic mass is 35.5. The van der Waals surface area contributed by atoms with Gasteiger partial charge in [0.2, 0.25) is 0 Å². The molecule has 0 unspecified atom stereocenters. The number of carbonyl (C=O) groups excluding carboxylic acids is 1. The molecule has 1 aromatic rings. The number of halogens is 1. The molecular formula is C18H27ClN2O3. The number of hydrogen-bond acceptors (Lipinski definition) is 4. The van der Waals surface area contributed by atoms with E-state index in [1.165, 1.54) is 0 Å². The summed E-state index contributed by atoms with van der Waals surface area (Å²) in [6.45, 7) is 11.2. The topological polar surface area (TPSA) is 42.0 Å². The van der Waals surface area contributed by atoms with Crippen LogP contribution in [0.15, 0.2) is 12.1 Å². The van der Waals surface area contributed by atoms with Gasteiger partial charge in [0, 0.05) is 38.3 Å². The van der Waals surface area contributed by atoms with E-state index in [0.29, 0.717) is 34.6 Å². The van der Waals surface area contributed by atoms with E-state index < -0.39 is 0 Å². The van der Waals surface area contributed by atoms with Crippen molar-refractivity contribution in [1.29, 1.82) is 0 Å². The minimum absolute atomic E-state index is 0.0116. The molecule has 1 saturated heterocycles. The highest BCUT2D eigenvalue weighted by molar-refractivity contribution is 6.32. The molecule has 1 amide bonds. The second kappa shape index (κ2) is 8.58. The number of benzene rings is 1. The van der Waals surface area contributed by atoms with E-state index in [1.807, 2.05) is 11.8 Å². The number of nitrogens with zero attached hydrogens (tertiary/aromatic N) is 2. The van der Waals surface area contributed by atoms with Gasteiger partial charge in [-0.25, -0.2) is 0 Å². The molecule has 0 radical (unpaired) electrons. The van der Waals surface area contributed by atoms with Gasteiger partial charge in [-0.3, -0.25) is 9.69 Å². The van der Waals surface area contributed by atoms with E-state index in [2.05, 4.69) is 18.7 Å². The minimum Gasteiger partial charge on any atom is -0.493 e. The first-order chi connectivity index (χ1) is 11.5. The molecule has 0 bridgehead atoms. The third kappa shape index (κ3) is 4.54. The number of piperazine rings is 1. The highest BCUT2D eigenvalue weighted by Gasteiger charge is 2.24. The number of carbonyl (C=O) groups is 1. The van der Waals surface area contributed by atoms with Gasteiger partial charge >= 0.3 is 0 Å². The highest BCUT2D eigenvalue weighted by Crippen LogP contribution is 2.36. The number of rotatable bonds is 6. The average molecular weight is 355 g/mol. The molecule has 0 N–H and O–H groups in total. The lowest BCUT2D eigenvalue weighted by Crippen LogP contribution is -2.49. The molecule has 1 aliphatic rings. The van der Waals surface area contributed by atoms with E-state index in [-0.39, 0.29) is 5.91 Å². The predicted octanol–water partition coefficient (Wildman–Crippen LogP) is 3.16. The zero-order valence-electron chi connectivity index (χ0n) is 15.0. The molecule has 24 heavy (non-hydrogen) atoms. The van der Waals surface area contributed by atoms with Gasteiger partial charge < -0.3 is 14.4 Å². The standard InChI is InChI=1S/C18H27ClN2O3/c1-5-24-17-15(19)10-14(11-16(17)23-4)18(22)21-8-6-20(7-9-21)12-13(2)3/h10-11,13H,5-9,12H2,1-4H3. The first-order valence-corrected chi connectivity index (χ1v) is 8.86. The number of hydrogen-bond donors (Lipinski definition) is 0. The molecule has 0 aromatic heterocycles. The van der Waals surface area contributed by atoms with Crippen LogP contribution < -0.4 is 9.47 Å². The molecule has 2 rings (SSSR count). The van der Waals surface area contributed by atoms with Crippen molar-refractivity contribution in [2.75, 3.05) is 46.4 Å². The van der Waals surface area contributed by atoms with Gasteiger partial charge in [-0.05, 0) is 25.0 Å². The maximum atomic E-state index is 12.8. The monoisotopic (exact) mass is 354 g/mol. The van der Waals surface area contributed by atoms with Gasteiger partial charge in [-0.1, -0.05) is 25.4 Å². The zero-order valence-corrected chi connectivity index (χ0v) is 15.7. The SMILES string of the molecule is CCOc1c(Cl)cc(C(=O)N2CCN(CC(C)C)CC2)cc1OC. The van der Waals surface area contributed by atoms with Crippen molar-refractivity contribution in [1.82, 2.24) is 9.80 Å². The maximum absolute atomic E-state index is 12.8. The summed E-state index contributed by atoms with van der Waals surface area (Å²) in [6, 6.07) is 3.37. The van der Waals surface area contributed by atoms with Crippen LogP contribution in [0.5, 0.6) is 11.5 Å². The summed E-state index contributed by atoms with van der Waals surface area (Å²) < 4.78 is 10.8. The van der Waals surface area contributed by atoms with Crippen molar-refractivity contribution in [3.05, 3.63) is 22.7 Å². The van der Waals surface area contributed by atoms with Gasteiger partial charge in [0.15, 0.2) is 11.5 Å². The zero-order chi connectivity index (χ0) is 17.7. The van der Waals surface area contributed by atoms with E-state index in [1.54, 1.807) is 19.2 Å². The van der Waals surface area contributed by atoms with Gasteiger partial charge in [-0.2, -0.15) is 0 Å². The first kappa shape index (κ1) is 18.9. The van der Waals surface area contributed by atoms with Crippen molar-refractivity contribution in [3.63, 3.8) is 0 Å². The second-order valence-electron chi connectivity index (χ2n) is 6.41. The number of ether oxygens (including phenoxy) is 2. The van der Waals surface area contributed by atoms with Gasteiger partial charge in [0.05, 0.1) is 18.7 Å². The number of methoxy groups -OCH3 is 1. The fourth-order valence-corrected chi connectivity index (χ4v) is 3.23. The van der Waals surface area contributed by atoms with Crippen molar-refractivity contribution in [3.8, 4) is 11.5 Å². The fraction of sp³-hybridized carbons (Fsp3) is 0.611. The molecule has 1 heterocycles. The Kier molecular flexibility index (Phi) is 6.75. The molecule has 1 aromatic carbocycles. The Morgan fingerprint density at radius 1 is 1.25 bits per heavy atom. The molecule has 5 nitrogen and oxygen atoms in total. The summed E-state index contributed by atoms with van der Waals surface area (Å²) in [4.78, 5) is 17.1. The van der Waals surface area contributed by atoms with Crippen molar-refractivity contribution in [2.45, 2.75) is 20.8 Å². The Bertz CT molecular complexity index is 570. The molecule has 0 spiro atoms. The first-order valence-electron chi connectivity index (χ1n) is 8.48. The third-order valence-corrected chi connectivity index (χ3v) is 4.33. The molecule has 1 fully saturated rings. The summed E-state index contributed by atoms with van der Waals surface area (Å²) in [5, 5.41) is 0.401. The van der Waals surface area contributed by atoms with Crippen LogP contribution in [0.3, 0.4) is 0 Å². The molecule has 134 valence electrons.